The summed E-state index contributed by atoms with van der Waals surface area (Å²) in [7, 11) is 0. The van der Waals surface area contributed by atoms with Gasteiger partial charge >= 0.3 is 477 Å². The summed E-state index contributed by atoms with van der Waals surface area (Å²) in [5, 5.41) is 0. The van der Waals surface area contributed by atoms with Crippen molar-refractivity contribution in [2.75, 3.05) is 0 Å². The van der Waals surface area contributed by atoms with E-state index in [2.05, 4.69) is 286 Å². The van der Waals surface area contributed by atoms with E-state index in [1.165, 1.54) is 66.8 Å². The average molecular weight is 1250 g/mol. The van der Waals surface area contributed by atoms with Crippen LogP contribution in [-0.4, -0.2) is 11.8 Å². The van der Waals surface area contributed by atoms with Gasteiger partial charge in [0.05, 0.1) is 0 Å². The maximum Gasteiger partial charge on any atom is -1.00 e. The monoisotopic (exact) mass is 1240 g/mol. The Bertz CT molecular complexity index is 3310. The van der Waals surface area contributed by atoms with E-state index in [1.807, 2.05) is 0 Å². The molecule has 0 bridgehead atoms. The molecule has 0 radical (unpaired) electrons. The Labute approximate surface area is 497 Å². The molecule has 4 aliphatic rings. The smallest absolute Gasteiger partial charge is 1.00 e. The molecule has 392 valence electrons. The second-order valence-electron chi connectivity index (χ2n) is 23.1. The third kappa shape index (κ3) is 11.0. The molecule has 0 aliphatic heterocycles. The van der Waals surface area contributed by atoms with E-state index in [9.17, 15) is 0 Å². The van der Waals surface area contributed by atoms with Gasteiger partial charge in [-0.05, 0) is 0 Å². The number of hydrogen-bond donors (Lipinski definition) is 0. The molecule has 0 nitrogen and oxygen atoms in total. The molecule has 0 spiro atoms. The number of halogens is 2. The number of hydrogen-bond acceptors (Lipinski definition) is 0. The summed E-state index contributed by atoms with van der Waals surface area (Å²) < 4.78 is 2.67. The minimum Gasteiger partial charge on any atom is -1.00 e. The van der Waals surface area contributed by atoms with Gasteiger partial charge in [-0.25, -0.2) is 0 Å². The van der Waals surface area contributed by atoms with Crippen LogP contribution in [0.3, 0.4) is 0 Å². The first-order valence-corrected chi connectivity index (χ1v) is 48.1. The summed E-state index contributed by atoms with van der Waals surface area (Å²) in [4.78, 5) is 0. The van der Waals surface area contributed by atoms with E-state index >= 15 is 0 Å². The van der Waals surface area contributed by atoms with Crippen LogP contribution in [0.2, 0.25) is 26.2 Å². The number of fused-ring (bicyclic) bond motifs is 4. The maximum atomic E-state index is 2.66. The standard InChI is InChI=1S/2C18H17.2C16H13.2C2H7Si.2ClH.2Zr/c2*1-13(2)16-11-15-9-6-10-17(18(15)12-16)14-7-4-3-5-8-14;2*1-12-10-14-8-5-9-15(16(14)11-12)13-6-3-2-4-7-13;2*1-3-2;;;;/h2*3-13H,1-2H3;2*2-11H,1H3;2*3H,1-2H3;2*1H;;/q;;;;;;;;2*+1/p-2. The topological polar surface area (TPSA) is 0 Å². The van der Waals surface area contributed by atoms with Crippen LogP contribution >= 0.6 is 0 Å². The molecular formula is C72H74Cl2Si2Zr2. The normalized spacial score (nSPS) is 17.4. The Morgan fingerprint density at radius 1 is 0.308 bits per heavy atom. The molecule has 4 atom stereocenters. The van der Waals surface area contributed by atoms with Gasteiger partial charge in [-0.3, -0.25) is 0 Å². The second-order valence-corrected chi connectivity index (χ2v) is 63.2. The molecule has 0 fully saturated rings. The SMILES string of the molecule is CC1=Cc2c(-c3ccccc3)cccc2[CH]1[Zr+]([CH]1C(C(C)C)=Cc2c(-c3ccccc3)cccc21)[SiH](C)C.CC1=Cc2c(-c3ccccc3)cccc2[CH]1[Zr+]([CH]1C(C(C)C)=Cc2c(-c3ccccc3)cccc21)[SiH](C)C.[Cl-].[Cl-]. The Morgan fingerprint density at radius 2 is 0.551 bits per heavy atom. The molecule has 4 aliphatic carbocycles. The van der Waals surface area contributed by atoms with Crippen molar-refractivity contribution < 1.29 is 66.6 Å². The molecule has 0 aromatic heterocycles. The van der Waals surface area contributed by atoms with Crippen LogP contribution in [0.4, 0.5) is 0 Å². The largest absolute Gasteiger partial charge is 1.00 e. The van der Waals surface area contributed by atoms with Crippen LogP contribution in [0.25, 0.3) is 68.8 Å². The number of benzene rings is 8. The fraction of sp³-hybridized carbons (Fsp3) is 0.222. The van der Waals surface area contributed by atoms with Gasteiger partial charge in [-0.15, -0.1) is 0 Å². The third-order valence-corrected chi connectivity index (χ3v) is 60.8. The van der Waals surface area contributed by atoms with Gasteiger partial charge in [-0.2, -0.15) is 0 Å². The minimum atomic E-state index is -2.08. The van der Waals surface area contributed by atoms with Crippen LogP contribution in [0.1, 0.15) is 101 Å². The first-order chi connectivity index (χ1) is 36.9. The van der Waals surface area contributed by atoms with Crippen molar-refractivity contribution in [3.05, 3.63) is 261 Å². The summed E-state index contributed by atoms with van der Waals surface area (Å²) in [6.07, 6.45) is 10.3. The zero-order valence-corrected chi connectivity index (χ0v) is 55.9. The van der Waals surface area contributed by atoms with Crippen molar-refractivity contribution in [3.63, 3.8) is 0 Å². The van der Waals surface area contributed by atoms with E-state index in [0.717, 1.165) is 0 Å². The van der Waals surface area contributed by atoms with Crippen LogP contribution in [-0.2, 0) is 41.8 Å². The Kier molecular flexibility index (Phi) is 18.7. The summed E-state index contributed by atoms with van der Waals surface area (Å²) in [5.41, 5.74) is 30.1. The Hall–Kier alpha value is -4.50. The Morgan fingerprint density at radius 3 is 0.795 bits per heavy atom. The predicted octanol–water partition coefficient (Wildman–Crippen LogP) is 13.8. The fourth-order valence-corrected chi connectivity index (χ4v) is 60.3. The van der Waals surface area contributed by atoms with Crippen molar-refractivity contribution >= 4 is 36.2 Å². The van der Waals surface area contributed by atoms with Crippen LogP contribution in [0.15, 0.2) is 216 Å². The van der Waals surface area contributed by atoms with E-state index in [1.54, 1.807) is 44.5 Å². The average Bonchev–Trinajstić information content (AvgIpc) is 4.42. The van der Waals surface area contributed by atoms with Crippen molar-refractivity contribution in [2.24, 2.45) is 11.8 Å². The van der Waals surface area contributed by atoms with E-state index in [-0.39, 0.29) is 24.8 Å². The molecule has 4 unspecified atom stereocenters. The zero-order chi connectivity index (χ0) is 52.8. The van der Waals surface area contributed by atoms with Crippen LogP contribution in [0, 0.1) is 11.8 Å². The molecule has 0 heterocycles. The molecule has 0 saturated heterocycles. The molecule has 12 rings (SSSR count). The minimum absolute atomic E-state index is 0. The van der Waals surface area contributed by atoms with Crippen LogP contribution < -0.4 is 24.8 Å². The van der Waals surface area contributed by atoms with E-state index in [0.29, 0.717) is 26.3 Å². The van der Waals surface area contributed by atoms with Gasteiger partial charge in [0.15, 0.2) is 0 Å². The van der Waals surface area contributed by atoms with Crippen molar-refractivity contribution in [3.8, 4) is 44.5 Å². The summed E-state index contributed by atoms with van der Waals surface area (Å²) in [6, 6.07) is 72.5. The number of allylic oxidation sites excluding steroid dienone is 4. The Balaban J connectivity index is 0.000000185. The quantitative estimate of drug-likeness (QED) is 0.107. The molecule has 8 aromatic carbocycles. The van der Waals surface area contributed by atoms with Gasteiger partial charge in [0.1, 0.15) is 0 Å². The van der Waals surface area contributed by atoms with E-state index in [4.69, 9.17) is 0 Å². The van der Waals surface area contributed by atoms with Crippen molar-refractivity contribution in [1.82, 2.24) is 0 Å². The molecule has 8 aromatic rings. The summed E-state index contributed by atoms with van der Waals surface area (Å²) >= 11 is -4.16. The third-order valence-electron chi connectivity index (χ3n) is 17.1. The maximum absolute atomic E-state index is 2.66. The number of rotatable bonds is 12. The molecule has 0 N–H and O–H groups in total. The second kappa shape index (κ2) is 25.1. The van der Waals surface area contributed by atoms with Gasteiger partial charge in [-0.1, -0.05) is 0 Å². The molecule has 78 heavy (non-hydrogen) atoms. The van der Waals surface area contributed by atoms with Crippen LogP contribution in [0.5, 0.6) is 0 Å². The molecule has 0 amide bonds. The zero-order valence-electron chi connectivity index (χ0n) is 47.2. The van der Waals surface area contributed by atoms with Crippen molar-refractivity contribution in [1.29, 1.82) is 0 Å². The van der Waals surface area contributed by atoms with Gasteiger partial charge in [0, 0.05) is 0 Å². The van der Waals surface area contributed by atoms with Crippen molar-refractivity contribution in [2.45, 2.75) is 82.2 Å². The predicted molar refractivity (Wildman–Crippen MR) is 329 cm³/mol. The fourth-order valence-electron chi connectivity index (χ4n) is 13.7. The van der Waals surface area contributed by atoms with E-state index < -0.39 is 53.7 Å². The summed E-state index contributed by atoms with van der Waals surface area (Å²) in [6.45, 7) is 25.2. The summed E-state index contributed by atoms with van der Waals surface area (Å²) in [5.74, 6) is -0.644. The van der Waals surface area contributed by atoms with Gasteiger partial charge in [0.25, 0.3) is 0 Å². The van der Waals surface area contributed by atoms with Gasteiger partial charge in [0.2, 0.25) is 0 Å². The molecule has 0 saturated carbocycles. The molecular weight excluding hydrogens is 1170 g/mol. The molecule has 6 heteroatoms. The first kappa shape index (κ1) is 58.2. The van der Waals surface area contributed by atoms with Gasteiger partial charge < -0.3 is 24.8 Å². The first-order valence-electron chi connectivity index (χ1n) is 28.2.